The third-order valence-electron chi connectivity index (χ3n) is 17.3. The molecule has 23 nitrogen and oxygen atoms in total. The van der Waals surface area contributed by atoms with Crippen LogP contribution < -0.4 is 36.6 Å². The van der Waals surface area contributed by atoms with Crippen LogP contribution in [0.5, 0.6) is 0 Å². The van der Waals surface area contributed by atoms with Crippen LogP contribution in [0.3, 0.4) is 0 Å². The smallest absolute Gasteiger partial charge is 0.549 e. The van der Waals surface area contributed by atoms with Crippen molar-refractivity contribution in [3.8, 4) is 47.4 Å². The molecule has 0 aromatic heterocycles. The van der Waals surface area contributed by atoms with Crippen LogP contribution in [0.2, 0.25) is 0 Å². The van der Waals surface area contributed by atoms with Crippen LogP contribution in [-0.2, 0) is 62.0 Å². The van der Waals surface area contributed by atoms with Gasteiger partial charge in [0.1, 0.15) is 0 Å². The largest absolute Gasteiger partial charge is 3.00 e. The first kappa shape index (κ1) is 103. The second-order valence-corrected chi connectivity index (χ2v) is 26.8. The van der Waals surface area contributed by atoms with Gasteiger partial charge in [-0.2, -0.15) is 0 Å². The fourth-order valence-electron chi connectivity index (χ4n) is 11.2. The number of rotatable bonds is 78. The van der Waals surface area contributed by atoms with E-state index in [0.717, 1.165) is 103 Å². The molecule has 0 saturated carbocycles. The number of unbranched alkanes of at least 4 members (excludes halogenated alkanes) is 32. The molecule has 0 aliphatic heterocycles. The van der Waals surface area contributed by atoms with Crippen molar-refractivity contribution in [2.45, 2.75) is 271 Å². The van der Waals surface area contributed by atoms with E-state index in [1.165, 1.54) is 143 Å². The third-order valence-corrected chi connectivity index (χ3v) is 17.3. The molecule has 4 amide bonds. The molecular weight excluding hydrogens is 1500 g/mol. The molecule has 0 rings (SSSR count). The van der Waals surface area contributed by atoms with E-state index >= 15 is 0 Å². The van der Waals surface area contributed by atoms with Gasteiger partial charge in [-0.05, 0) is 62.2 Å². The molecule has 0 unspecified atom stereocenters. The molecule has 0 aliphatic rings. The van der Waals surface area contributed by atoms with E-state index in [4.69, 9.17) is 28.4 Å². The molecule has 0 aromatic carbocycles. The number of carbonyl (C=O) groups is 7. The van der Waals surface area contributed by atoms with Gasteiger partial charge in [0.05, 0.1) is 97.2 Å². The fraction of sp³-hybridized carbons (Fsp3) is 0.817. The molecular formula is C82H140DyN7O16. The van der Waals surface area contributed by atoms with E-state index in [1.807, 2.05) is 0 Å². The fourth-order valence-corrected chi connectivity index (χ4v) is 11.2. The normalized spacial score (nSPS) is 10.8. The summed E-state index contributed by atoms with van der Waals surface area (Å²) in [7, 11) is 0. The van der Waals surface area contributed by atoms with Gasteiger partial charge in [-0.25, -0.2) is 0 Å². The predicted molar refractivity (Wildman–Crippen MR) is 408 cm³/mol. The summed E-state index contributed by atoms with van der Waals surface area (Å²) < 4.78 is 33.2. The number of carboxylic acids is 3. The van der Waals surface area contributed by atoms with Crippen LogP contribution in [0, 0.1) is 85.5 Å². The topological polar surface area (TPSA) is 302 Å². The van der Waals surface area contributed by atoms with Gasteiger partial charge in [0.15, 0.2) is 0 Å². The monoisotopic (exact) mass is 1640 g/mol. The van der Waals surface area contributed by atoms with E-state index in [1.54, 1.807) is 0 Å². The average Bonchev–Trinajstić information content (AvgIpc) is 0.948. The number of nitrogens with one attached hydrogen (secondary N) is 4. The molecule has 0 aliphatic carbocycles. The van der Waals surface area contributed by atoms with Gasteiger partial charge < -0.3 is 79.4 Å². The number of aliphatic carboxylic acids is 3. The van der Waals surface area contributed by atoms with Crippen molar-refractivity contribution in [3.63, 3.8) is 0 Å². The molecule has 0 heterocycles. The first-order chi connectivity index (χ1) is 51.4. The molecule has 1 radical (unpaired) electrons. The standard InChI is InChI=1S/C82H143N7O16.Dy/c1-3-5-7-9-11-13-15-17-19-21-23-25-27-29-31-33-35-37-39-41-43-45-47-76(90)83-51-61-100-65-69-104-71-67-102-63-53-85-78(92)49-55-87(73-80(94)95)57-59-89(75-82(98)99)60-58-88(74-81(96)97)56-50-79(93)86-54-64-103-68-72-105-70-66-101-62-52-84-77(91)48-46-44-42-40-38-36-34-32-30-28-26-24-22-20-18-16-14-12-10-8-6-4-2;/h3-24,33-75H2,1-2H3,(H,83,90)(H,84,91)(H,85,92)(H,86,93)(H,94,95)(H,96,97)(H,98,99);/q;+3/p-3. The number of nitrogens with zero attached hydrogens (tertiary/aromatic N) is 3. The van der Waals surface area contributed by atoms with Crippen molar-refractivity contribution >= 4 is 41.5 Å². The Morgan fingerprint density at radius 1 is 0.264 bits per heavy atom. The number of carbonyl (C=O) groups excluding carboxylic acids is 7. The van der Waals surface area contributed by atoms with Crippen LogP contribution in [0.15, 0.2) is 0 Å². The summed E-state index contributed by atoms with van der Waals surface area (Å²) in [6.45, 7) is 8.19. The summed E-state index contributed by atoms with van der Waals surface area (Å²) in [5.41, 5.74) is 0. The zero-order chi connectivity index (χ0) is 76.5. The number of hydrogen-bond donors (Lipinski definition) is 4. The summed E-state index contributed by atoms with van der Waals surface area (Å²) in [6, 6.07) is 0. The maximum atomic E-state index is 12.6. The van der Waals surface area contributed by atoms with Crippen molar-refractivity contribution in [3.05, 3.63) is 0 Å². The summed E-state index contributed by atoms with van der Waals surface area (Å²) in [4.78, 5) is 88.8. The van der Waals surface area contributed by atoms with Crippen LogP contribution in [0.25, 0.3) is 0 Å². The number of carboxylic acid groups (broad SMARTS) is 3. The molecule has 0 fully saturated rings. The first-order valence-electron chi connectivity index (χ1n) is 40.6. The van der Waals surface area contributed by atoms with Crippen LogP contribution >= 0.6 is 0 Å². The van der Waals surface area contributed by atoms with E-state index < -0.39 is 37.5 Å². The van der Waals surface area contributed by atoms with Crippen molar-refractivity contribution in [1.82, 2.24) is 36.0 Å². The Balaban J connectivity index is 0. The summed E-state index contributed by atoms with van der Waals surface area (Å²) in [5.74, 6) is 19.9. The van der Waals surface area contributed by atoms with Crippen molar-refractivity contribution in [2.24, 2.45) is 0 Å². The van der Waals surface area contributed by atoms with Gasteiger partial charge in [0.25, 0.3) is 0 Å². The van der Waals surface area contributed by atoms with Crippen molar-refractivity contribution in [2.75, 3.05) is 164 Å². The molecule has 609 valence electrons. The van der Waals surface area contributed by atoms with E-state index in [0.29, 0.717) is 78.8 Å². The molecule has 4 N–H and O–H groups in total. The van der Waals surface area contributed by atoms with Gasteiger partial charge in [0, 0.05) is 136 Å². The Bertz CT molecular complexity index is 2250. The number of hydrogen-bond acceptors (Lipinski definition) is 19. The van der Waals surface area contributed by atoms with Crippen molar-refractivity contribution in [1.29, 1.82) is 0 Å². The summed E-state index contributed by atoms with van der Waals surface area (Å²) in [5, 5.41) is 46.1. The Hall–Kier alpha value is -4.56. The minimum absolute atomic E-state index is 0. The van der Waals surface area contributed by atoms with Crippen LogP contribution in [-0.4, -0.2) is 221 Å². The van der Waals surface area contributed by atoms with Crippen LogP contribution in [0.1, 0.15) is 271 Å². The van der Waals surface area contributed by atoms with Crippen LogP contribution in [0.4, 0.5) is 0 Å². The Morgan fingerprint density at radius 2 is 0.462 bits per heavy atom. The minimum atomic E-state index is -1.40. The first-order valence-corrected chi connectivity index (χ1v) is 40.6. The van der Waals surface area contributed by atoms with E-state index in [9.17, 15) is 48.9 Å². The quantitative estimate of drug-likeness (QED) is 0.0341. The molecule has 0 atom stereocenters. The number of amides is 4. The Kier molecular flexibility index (Phi) is 82.5. The molecule has 0 spiro atoms. The van der Waals surface area contributed by atoms with Gasteiger partial charge >= 0.3 is 38.2 Å². The minimum Gasteiger partial charge on any atom is -0.549 e. The summed E-state index contributed by atoms with van der Waals surface area (Å²) in [6.07, 6.45) is 43.9. The third kappa shape index (κ3) is 83.5. The molecule has 0 saturated heterocycles. The van der Waals surface area contributed by atoms with Crippen molar-refractivity contribution < 1.29 is 115 Å². The Morgan fingerprint density at radius 3 is 0.698 bits per heavy atom. The van der Waals surface area contributed by atoms with Gasteiger partial charge in [0.2, 0.25) is 23.6 Å². The van der Waals surface area contributed by atoms with Gasteiger partial charge in [-0.3, -0.25) is 33.9 Å². The molecule has 106 heavy (non-hydrogen) atoms. The zero-order valence-electron chi connectivity index (χ0n) is 65.7. The van der Waals surface area contributed by atoms with E-state index in [2.05, 4.69) is 82.5 Å². The maximum absolute atomic E-state index is 12.6. The van der Waals surface area contributed by atoms with E-state index in [-0.39, 0.29) is 153 Å². The number of ether oxygens (including phenoxy) is 6. The predicted octanol–water partition coefficient (Wildman–Crippen LogP) is 7.36. The molecule has 0 bridgehead atoms. The second-order valence-electron chi connectivity index (χ2n) is 26.8. The second kappa shape index (κ2) is 84.5. The summed E-state index contributed by atoms with van der Waals surface area (Å²) >= 11 is 0. The van der Waals surface area contributed by atoms with Gasteiger partial charge in [-0.15, -0.1) is 0 Å². The zero-order valence-corrected chi connectivity index (χ0v) is 67.7. The maximum Gasteiger partial charge on any atom is 3.00 e. The van der Waals surface area contributed by atoms with Gasteiger partial charge in [-0.1, -0.05) is 204 Å². The molecule has 0 aromatic rings. The average molecular weight is 1640 g/mol. The molecule has 24 heteroatoms. The Labute approximate surface area is 670 Å². The SMILES string of the molecule is CCCCCCCCCCCCC#CC#CCCCCCCCCC(=O)NCCOCCOCCOCCNC(=O)CCN(CCN(CCN(CCC(=O)NCCOCCOCCOCCNC(=O)CCCCCCCCC#CC#CCCCCCCCCCCCC)CC(=O)[O-])CC(=O)[O-])CC(=O)[O-].[Dy+3].